The van der Waals surface area contributed by atoms with Crippen LogP contribution in [0.15, 0.2) is 66.9 Å². The molecule has 0 spiro atoms. The molecule has 0 radical (unpaired) electrons. The predicted molar refractivity (Wildman–Crippen MR) is 138 cm³/mol. The van der Waals surface area contributed by atoms with Gasteiger partial charge in [0.25, 0.3) is 0 Å². The van der Waals surface area contributed by atoms with E-state index in [1.807, 2.05) is 48.7 Å². The summed E-state index contributed by atoms with van der Waals surface area (Å²) in [4.78, 5) is 17.8. The second-order valence-corrected chi connectivity index (χ2v) is 9.69. The maximum absolute atomic E-state index is 6.32. The van der Waals surface area contributed by atoms with Gasteiger partial charge >= 0.3 is 0 Å². The Labute approximate surface area is 203 Å². The van der Waals surface area contributed by atoms with Gasteiger partial charge in [0, 0.05) is 29.9 Å². The zero-order valence-corrected chi connectivity index (χ0v) is 20.1. The quantitative estimate of drug-likeness (QED) is 0.322. The Morgan fingerprint density at radius 1 is 0.970 bits per heavy atom. The molecule has 1 atom stereocenters. The third-order valence-electron chi connectivity index (χ3n) is 5.87. The molecule has 5 nitrogen and oxygen atoms in total. The van der Waals surface area contributed by atoms with Crippen molar-refractivity contribution in [2.75, 3.05) is 23.3 Å². The van der Waals surface area contributed by atoms with Crippen molar-refractivity contribution in [3.63, 3.8) is 0 Å². The number of piperidine rings is 1. The van der Waals surface area contributed by atoms with Crippen LogP contribution in [0.2, 0.25) is 5.02 Å². The molecule has 0 amide bonds. The molecule has 1 fully saturated rings. The second kappa shape index (κ2) is 9.89. The van der Waals surface area contributed by atoms with Crippen molar-refractivity contribution in [1.82, 2.24) is 15.0 Å². The van der Waals surface area contributed by atoms with E-state index in [9.17, 15) is 0 Å². The van der Waals surface area contributed by atoms with Crippen LogP contribution in [0.25, 0.3) is 21.8 Å². The third kappa shape index (κ3) is 5.02. The molecular formula is C26H26ClN5S. The first-order valence-electron chi connectivity index (χ1n) is 11.3. The first kappa shape index (κ1) is 21.9. The molecule has 3 heterocycles. The van der Waals surface area contributed by atoms with Crippen molar-refractivity contribution in [2.45, 2.75) is 32.2 Å². The maximum atomic E-state index is 6.32. The number of aromatic nitrogens is 3. The number of halogens is 1. The standard InChI is InChI=1S/C26H26ClN5S/c1-18(19-9-4-2-5-10-19)29-25-28-14-13-22(30-25)24-23(20-11-8-12-21(27)17-20)31-26(33-24)32-15-6-3-7-16-32/h2,4-5,8-14,17-18H,3,6-7,15-16H2,1H3,(H,28,29,30). The molecule has 1 N–H and O–H groups in total. The Morgan fingerprint density at radius 2 is 1.79 bits per heavy atom. The van der Waals surface area contributed by atoms with Crippen LogP contribution in [0.4, 0.5) is 11.1 Å². The van der Waals surface area contributed by atoms with Crippen LogP contribution < -0.4 is 10.2 Å². The lowest BCUT2D eigenvalue weighted by molar-refractivity contribution is 0.577. The number of benzene rings is 2. The van der Waals surface area contributed by atoms with E-state index in [4.69, 9.17) is 21.6 Å². The van der Waals surface area contributed by atoms with Crippen LogP contribution >= 0.6 is 22.9 Å². The predicted octanol–water partition coefficient (Wildman–Crippen LogP) is 7.08. The Hall–Kier alpha value is -2.96. The van der Waals surface area contributed by atoms with Crippen LogP contribution in [-0.4, -0.2) is 28.0 Å². The fraction of sp³-hybridized carbons (Fsp3) is 0.269. The van der Waals surface area contributed by atoms with Gasteiger partial charge in [-0.2, -0.15) is 0 Å². The van der Waals surface area contributed by atoms with Crippen LogP contribution in [0, 0.1) is 0 Å². The molecule has 2 aromatic carbocycles. The summed E-state index contributed by atoms with van der Waals surface area (Å²) in [5.41, 5.74) is 3.98. The van der Waals surface area contributed by atoms with Crippen LogP contribution in [0.5, 0.6) is 0 Å². The van der Waals surface area contributed by atoms with E-state index >= 15 is 0 Å². The molecular weight excluding hydrogens is 450 g/mol. The highest BCUT2D eigenvalue weighted by atomic mass is 35.5. The van der Waals surface area contributed by atoms with Gasteiger partial charge in [-0.15, -0.1) is 0 Å². The molecule has 5 rings (SSSR count). The summed E-state index contributed by atoms with van der Waals surface area (Å²) < 4.78 is 0. The molecule has 0 aliphatic carbocycles. The van der Waals surface area contributed by atoms with Crippen LogP contribution in [0.1, 0.15) is 37.8 Å². The summed E-state index contributed by atoms with van der Waals surface area (Å²) in [7, 11) is 0. The molecule has 1 saturated heterocycles. The molecule has 2 aromatic heterocycles. The lowest BCUT2D eigenvalue weighted by Gasteiger charge is -2.25. The summed E-state index contributed by atoms with van der Waals surface area (Å²) >= 11 is 8.02. The number of hydrogen-bond acceptors (Lipinski definition) is 6. The molecule has 0 saturated carbocycles. The largest absolute Gasteiger partial charge is 0.348 e. The molecule has 1 unspecified atom stereocenters. The minimum atomic E-state index is 0.0965. The normalized spacial score (nSPS) is 14.8. The van der Waals surface area contributed by atoms with Crippen molar-refractivity contribution in [3.8, 4) is 21.8 Å². The van der Waals surface area contributed by atoms with Gasteiger partial charge in [0.05, 0.1) is 22.3 Å². The summed E-state index contributed by atoms with van der Waals surface area (Å²) in [5.74, 6) is 0.605. The molecule has 168 valence electrons. The van der Waals surface area contributed by atoms with Crippen molar-refractivity contribution in [2.24, 2.45) is 0 Å². The van der Waals surface area contributed by atoms with Gasteiger partial charge in [-0.25, -0.2) is 15.0 Å². The number of anilines is 2. The first-order valence-corrected chi connectivity index (χ1v) is 12.5. The molecule has 4 aromatic rings. The van der Waals surface area contributed by atoms with Crippen LogP contribution in [0.3, 0.4) is 0 Å². The van der Waals surface area contributed by atoms with Gasteiger partial charge in [-0.3, -0.25) is 0 Å². The van der Waals surface area contributed by atoms with E-state index < -0.39 is 0 Å². The van der Waals surface area contributed by atoms with Gasteiger partial charge in [0.2, 0.25) is 5.95 Å². The van der Waals surface area contributed by atoms with Gasteiger partial charge < -0.3 is 10.2 Å². The van der Waals surface area contributed by atoms with E-state index in [1.165, 1.54) is 24.8 Å². The summed E-state index contributed by atoms with van der Waals surface area (Å²) in [6, 6.07) is 20.3. The second-order valence-electron chi connectivity index (χ2n) is 8.27. The maximum Gasteiger partial charge on any atom is 0.223 e. The molecule has 33 heavy (non-hydrogen) atoms. The molecule has 0 bridgehead atoms. The minimum Gasteiger partial charge on any atom is -0.348 e. The van der Waals surface area contributed by atoms with Crippen molar-refractivity contribution in [3.05, 3.63) is 77.4 Å². The number of rotatable bonds is 6. The monoisotopic (exact) mass is 475 g/mol. The van der Waals surface area contributed by atoms with E-state index in [-0.39, 0.29) is 6.04 Å². The lowest BCUT2D eigenvalue weighted by Crippen LogP contribution is -2.29. The smallest absolute Gasteiger partial charge is 0.223 e. The lowest BCUT2D eigenvalue weighted by atomic mass is 10.1. The zero-order chi connectivity index (χ0) is 22.6. The molecule has 1 aliphatic heterocycles. The average molecular weight is 476 g/mol. The minimum absolute atomic E-state index is 0.0965. The highest BCUT2D eigenvalue weighted by Gasteiger charge is 2.21. The Morgan fingerprint density at radius 3 is 2.58 bits per heavy atom. The average Bonchev–Trinajstić information content (AvgIpc) is 3.31. The Kier molecular flexibility index (Phi) is 6.55. The van der Waals surface area contributed by atoms with E-state index in [2.05, 4.69) is 40.3 Å². The zero-order valence-electron chi connectivity index (χ0n) is 18.5. The van der Waals surface area contributed by atoms with E-state index in [0.29, 0.717) is 11.0 Å². The van der Waals surface area contributed by atoms with Gasteiger partial charge in [-0.1, -0.05) is 65.4 Å². The highest BCUT2D eigenvalue weighted by Crippen LogP contribution is 2.41. The van der Waals surface area contributed by atoms with Gasteiger partial charge in [0.1, 0.15) is 0 Å². The summed E-state index contributed by atoms with van der Waals surface area (Å²) in [6.45, 7) is 4.21. The summed E-state index contributed by atoms with van der Waals surface area (Å²) in [6.07, 6.45) is 5.52. The SMILES string of the molecule is CC(Nc1nccc(-c2sc(N3CCCCC3)nc2-c2cccc(Cl)c2)n1)c1ccccc1. The number of thiazole rings is 1. The van der Waals surface area contributed by atoms with E-state index in [0.717, 1.165) is 40.0 Å². The number of hydrogen-bond donors (Lipinski definition) is 1. The fourth-order valence-corrected chi connectivity index (χ4v) is 5.41. The Balaban J connectivity index is 1.51. The number of nitrogens with one attached hydrogen (secondary N) is 1. The number of nitrogens with zero attached hydrogens (tertiary/aromatic N) is 4. The highest BCUT2D eigenvalue weighted by molar-refractivity contribution is 7.19. The van der Waals surface area contributed by atoms with Crippen LogP contribution in [-0.2, 0) is 0 Å². The Bertz CT molecular complexity index is 1220. The third-order valence-corrected chi connectivity index (χ3v) is 7.25. The first-order chi connectivity index (χ1) is 16.2. The molecule has 1 aliphatic rings. The van der Waals surface area contributed by atoms with Crippen molar-refractivity contribution >= 4 is 34.0 Å². The van der Waals surface area contributed by atoms with Crippen molar-refractivity contribution < 1.29 is 0 Å². The fourth-order valence-electron chi connectivity index (χ4n) is 4.11. The topological polar surface area (TPSA) is 53.9 Å². The van der Waals surface area contributed by atoms with Crippen molar-refractivity contribution in [1.29, 1.82) is 0 Å². The molecule has 7 heteroatoms. The van der Waals surface area contributed by atoms with Gasteiger partial charge in [0.15, 0.2) is 5.13 Å². The summed E-state index contributed by atoms with van der Waals surface area (Å²) in [5, 5.41) is 5.19. The van der Waals surface area contributed by atoms with E-state index in [1.54, 1.807) is 11.3 Å². The van der Waals surface area contributed by atoms with Gasteiger partial charge in [-0.05, 0) is 49.9 Å².